The first kappa shape index (κ1) is 14.5. The molecule has 116 valence electrons. The van der Waals surface area contributed by atoms with Crippen molar-refractivity contribution in [3.8, 4) is 5.75 Å². The van der Waals surface area contributed by atoms with Gasteiger partial charge >= 0.3 is 0 Å². The van der Waals surface area contributed by atoms with E-state index >= 15 is 0 Å². The molecule has 3 rings (SSSR count). The number of rotatable bonds is 1. The average Bonchev–Trinajstić information content (AvgIpc) is 2.41. The molecule has 1 saturated carbocycles. The molecule has 1 fully saturated rings. The fourth-order valence-corrected chi connectivity index (χ4v) is 5.08. The van der Waals surface area contributed by atoms with Crippen molar-refractivity contribution in [3.05, 3.63) is 28.2 Å². The second-order valence-electron chi connectivity index (χ2n) is 7.26. The molecule has 1 N–H and O–H groups in total. The van der Waals surface area contributed by atoms with Crippen molar-refractivity contribution in [3.63, 3.8) is 0 Å². The van der Waals surface area contributed by atoms with Gasteiger partial charge in [-0.1, -0.05) is 27.7 Å². The highest BCUT2D eigenvalue weighted by atomic mass is 16.5. The second-order valence-corrected chi connectivity index (χ2v) is 7.26. The third-order valence-electron chi connectivity index (χ3n) is 5.60. The third-order valence-corrected chi connectivity index (χ3v) is 5.60. The van der Waals surface area contributed by atoms with Gasteiger partial charge in [-0.3, -0.25) is 4.79 Å². The first-order valence-corrected chi connectivity index (χ1v) is 8.00. The number of pyridine rings is 1. The van der Waals surface area contributed by atoms with Crippen LogP contribution in [0, 0.1) is 17.3 Å². The van der Waals surface area contributed by atoms with Crippen molar-refractivity contribution in [2.24, 2.45) is 17.3 Å². The minimum absolute atomic E-state index is 0.0354. The van der Waals surface area contributed by atoms with Crippen LogP contribution in [0.25, 0.3) is 0 Å². The Balaban J connectivity index is 2.22. The Morgan fingerprint density at radius 2 is 2.19 bits per heavy atom. The minimum Gasteiger partial charge on any atom is -0.489 e. The molecule has 2 heterocycles. The van der Waals surface area contributed by atoms with Crippen LogP contribution in [0.3, 0.4) is 0 Å². The fourth-order valence-electron chi connectivity index (χ4n) is 5.08. The molecule has 1 aromatic heterocycles. The van der Waals surface area contributed by atoms with Gasteiger partial charge in [-0.05, 0) is 31.1 Å². The van der Waals surface area contributed by atoms with E-state index in [4.69, 9.17) is 4.74 Å². The van der Waals surface area contributed by atoms with Crippen LogP contribution in [0.5, 0.6) is 5.75 Å². The summed E-state index contributed by atoms with van der Waals surface area (Å²) in [4.78, 5) is 12.5. The summed E-state index contributed by atoms with van der Waals surface area (Å²) in [7, 11) is 0. The van der Waals surface area contributed by atoms with Gasteiger partial charge in [0.25, 0.3) is 5.56 Å². The number of hydrogen-bond donors (Lipinski definition) is 1. The molecule has 1 aliphatic heterocycles. The van der Waals surface area contributed by atoms with Gasteiger partial charge in [-0.25, -0.2) is 0 Å². The van der Waals surface area contributed by atoms with Crippen molar-refractivity contribution in [1.29, 1.82) is 0 Å². The van der Waals surface area contributed by atoms with Crippen LogP contribution in [0.15, 0.2) is 17.1 Å². The molecule has 0 bridgehead atoms. The molecule has 1 aromatic rings. The average molecular weight is 291 g/mol. The summed E-state index contributed by atoms with van der Waals surface area (Å²) in [5, 5.41) is 9.76. The number of aromatic nitrogens is 1. The molecule has 2 aliphatic rings. The zero-order chi connectivity index (χ0) is 15.4. The van der Waals surface area contributed by atoms with E-state index in [1.54, 1.807) is 6.07 Å². The molecule has 0 radical (unpaired) electrons. The van der Waals surface area contributed by atoms with E-state index < -0.39 is 0 Å². The predicted molar refractivity (Wildman–Crippen MR) is 81.0 cm³/mol. The Kier molecular flexibility index (Phi) is 3.30. The Morgan fingerprint density at radius 1 is 1.48 bits per heavy atom. The smallest absolute Gasteiger partial charge is 0.290 e. The van der Waals surface area contributed by atoms with Crippen LogP contribution in [-0.2, 0) is 0 Å². The van der Waals surface area contributed by atoms with Gasteiger partial charge in [-0.2, -0.15) is 4.73 Å². The normalized spacial score (nSPS) is 38.3. The molecule has 2 unspecified atom stereocenters. The molecule has 5 atom stereocenters. The Bertz CT molecular complexity index is 609. The van der Waals surface area contributed by atoms with Crippen LogP contribution < -0.4 is 10.3 Å². The van der Waals surface area contributed by atoms with Crippen LogP contribution in [-0.4, -0.2) is 16.0 Å². The maximum atomic E-state index is 12.5. The predicted octanol–water partition coefficient (Wildman–Crippen LogP) is 3.41. The van der Waals surface area contributed by atoms with Crippen molar-refractivity contribution < 1.29 is 9.94 Å². The van der Waals surface area contributed by atoms with Crippen molar-refractivity contribution in [1.82, 2.24) is 4.73 Å². The summed E-state index contributed by atoms with van der Waals surface area (Å²) in [6.45, 7) is 8.92. The van der Waals surface area contributed by atoms with Gasteiger partial charge in [0.2, 0.25) is 0 Å². The zero-order valence-electron chi connectivity index (χ0n) is 13.3. The monoisotopic (exact) mass is 291 g/mol. The SMILES string of the molecule is CCC1Oc2ccn(O)c(=O)c2C2[C@H](C)C[C@H](C)C[C@]12C. The number of ether oxygens (including phenoxy) is 1. The summed E-state index contributed by atoms with van der Waals surface area (Å²) < 4.78 is 6.86. The van der Waals surface area contributed by atoms with Crippen LogP contribution in [0.4, 0.5) is 0 Å². The third kappa shape index (κ3) is 1.99. The highest BCUT2D eigenvalue weighted by Crippen LogP contribution is 2.58. The first-order valence-electron chi connectivity index (χ1n) is 8.00. The maximum Gasteiger partial charge on any atom is 0.290 e. The van der Waals surface area contributed by atoms with E-state index in [9.17, 15) is 10.0 Å². The van der Waals surface area contributed by atoms with E-state index in [1.165, 1.54) is 6.20 Å². The molecule has 0 aromatic carbocycles. The van der Waals surface area contributed by atoms with E-state index in [1.807, 2.05) is 0 Å². The Labute approximate surface area is 125 Å². The van der Waals surface area contributed by atoms with Gasteiger partial charge in [0.05, 0.1) is 11.8 Å². The van der Waals surface area contributed by atoms with Crippen molar-refractivity contribution in [2.75, 3.05) is 0 Å². The number of nitrogens with zero attached hydrogens (tertiary/aromatic N) is 1. The van der Waals surface area contributed by atoms with Crippen molar-refractivity contribution in [2.45, 2.75) is 59.0 Å². The summed E-state index contributed by atoms with van der Waals surface area (Å²) in [5.74, 6) is 1.89. The molecule has 4 nitrogen and oxygen atoms in total. The van der Waals surface area contributed by atoms with E-state index in [0.29, 0.717) is 27.9 Å². The highest BCUT2D eigenvalue weighted by molar-refractivity contribution is 5.39. The molecule has 0 saturated heterocycles. The van der Waals surface area contributed by atoms with E-state index in [2.05, 4.69) is 27.7 Å². The molecule has 1 aliphatic carbocycles. The quantitative estimate of drug-likeness (QED) is 0.807. The maximum absolute atomic E-state index is 12.5. The lowest BCUT2D eigenvalue weighted by Crippen LogP contribution is -2.52. The van der Waals surface area contributed by atoms with Gasteiger partial charge < -0.3 is 9.94 Å². The first-order chi connectivity index (χ1) is 9.88. The molecule has 0 spiro atoms. The number of hydrogen-bond acceptors (Lipinski definition) is 3. The standard InChI is InChI=1S/C17H25NO3/c1-5-13-17(4)9-10(2)8-11(3)15(17)14-12(21-13)6-7-18(20)16(14)19/h6-7,10-11,13,15,20H,5,8-9H2,1-4H3/t10-,11+,13?,15?,17+/m0/s1. The molecular weight excluding hydrogens is 266 g/mol. The Morgan fingerprint density at radius 3 is 2.86 bits per heavy atom. The van der Waals surface area contributed by atoms with Gasteiger partial charge in [0.15, 0.2) is 0 Å². The summed E-state index contributed by atoms with van der Waals surface area (Å²) in [6, 6.07) is 1.73. The summed E-state index contributed by atoms with van der Waals surface area (Å²) in [5.41, 5.74) is 0.318. The van der Waals surface area contributed by atoms with Gasteiger partial charge in [0.1, 0.15) is 11.9 Å². The minimum atomic E-state index is -0.320. The summed E-state index contributed by atoms with van der Waals surface area (Å²) >= 11 is 0. The topological polar surface area (TPSA) is 51.5 Å². The molecule has 21 heavy (non-hydrogen) atoms. The summed E-state index contributed by atoms with van der Waals surface area (Å²) in [6.07, 6.45) is 4.64. The molecule has 4 heteroatoms. The van der Waals surface area contributed by atoms with E-state index in [0.717, 1.165) is 19.3 Å². The lowest BCUT2D eigenvalue weighted by molar-refractivity contribution is -0.0475. The van der Waals surface area contributed by atoms with Crippen molar-refractivity contribution >= 4 is 0 Å². The van der Waals surface area contributed by atoms with Gasteiger partial charge in [-0.15, -0.1) is 0 Å². The fraction of sp³-hybridized carbons (Fsp3) is 0.706. The second kappa shape index (κ2) is 4.79. The highest BCUT2D eigenvalue weighted by Gasteiger charge is 2.53. The van der Waals surface area contributed by atoms with E-state index in [-0.39, 0.29) is 23.0 Å². The number of fused-ring (bicyclic) bond motifs is 3. The van der Waals surface area contributed by atoms with Crippen LogP contribution in [0.1, 0.15) is 58.4 Å². The zero-order valence-corrected chi connectivity index (χ0v) is 13.3. The van der Waals surface area contributed by atoms with Crippen LogP contribution >= 0.6 is 0 Å². The lowest BCUT2D eigenvalue weighted by Gasteiger charge is -2.54. The van der Waals surface area contributed by atoms with Gasteiger partial charge in [0, 0.05) is 17.4 Å². The molecular formula is C17H25NO3. The van der Waals surface area contributed by atoms with Crippen LogP contribution in [0.2, 0.25) is 0 Å². The molecule has 0 amide bonds. The largest absolute Gasteiger partial charge is 0.489 e. The lowest BCUT2D eigenvalue weighted by atomic mass is 9.54. The Hall–Kier alpha value is -1.45.